The van der Waals surface area contributed by atoms with Gasteiger partial charge in [-0.05, 0) is 50.0 Å². The third-order valence-corrected chi connectivity index (χ3v) is 3.72. The number of hydrogen-bond donors (Lipinski definition) is 2. The minimum atomic E-state index is -0.681. The van der Waals surface area contributed by atoms with E-state index in [-0.39, 0.29) is 0 Å². The maximum Gasteiger partial charge on any atom is 0.310 e. The van der Waals surface area contributed by atoms with Crippen LogP contribution in [-0.2, 0) is 11.2 Å². The highest BCUT2D eigenvalue weighted by atomic mass is 16.5. The molecular weight excluding hydrogens is 230 g/mol. The van der Waals surface area contributed by atoms with Crippen LogP contribution in [0.1, 0.15) is 18.4 Å². The van der Waals surface area contributed by atoms with Gasteiger partial charge in [0.25, 0.3) is 0 Å². The first-order chi connectivity index (χ1) is 8.66. The van der Waals surface area contributed by atoms with Crippen molar-refractivity contribution in [3.05, 3.63) is 29.8 Å². The maximum absolute atomic E-state index is 11.6. The molecule has 0 amide bonds. The molecule has 2 rings (SSSR count). The molecule has 0 aliphatic carbocycles. The van der Waals surface area contributed by atoms with Gasteiger partial charge in [-0.1, -0.05) is 12.1 Å². The second-order valence-electron chi connectivity index (χ2n) is 4.86. The Morgan fingerprint density at radius 1 is 1.33 bits per heavy atom. The van der Waals surface area contributed by atoms with Crippen LogP contribution in [0.4, 0.5) is 0 Å². The van der Waals surface area contributed by atoms with Crippen molar-refractivity contribution in [3.63, 3.8) is 0 Å². The lowest BCUT2D eigenvalue weighted by molar-refractivity contribution is -0.150. The first-order valence-electron chi connectivity index (χ1n) is 6.23. The summed E-state index contributed by atoms with van der Waals surface area (Å²) in [6.07, 6.45) is 1.97. The maximum atomic E-state index is 11.6. The van der Waals surface area contributed by atoms with Crippen molar-refractivity contribution in [3.8, 4) is 5.75 Å². The molecule has 0 saturated carbocycles. The summed E-state index contributed by atoms with van der Waals surface area (Å²) in [7, 11) is 1.63. The largest absolute Gasteiger partial charge is 0.497 e. The number of ether oxygens (including phenoxy) is 1. The van der Waals surface area contributed by atoms with E-state index in [1.165, 1.54) is 0 Å². The van der Waals surface area contributed by atoms with Crippen LogP contribution in [0.3, 0.4) is 0 Å². The molecule has 0 bridgehead atoms. The summed E-state index contributed by atoms with van der Waals surface area (Å²) < 4.78 is 5.11. The van der Waals surface area contributed by atoms with Gasteiger partial charge in [-0.3, -0.25) is 4.79 Å². The molecule has 0 unspecified atom stereocenters. The highest BCUT2D eigenvalue weighted by Gasteiger charge is 2.39. The van der Waals surface area contributed by atoms with Gasteiger partial charge < -0.3 is 15.2 Å². The average Bonchev–Trinajstić information content (AvgIpc) is 2.40. The smallest absolute Gasteiger partial charge is 0.310 e. The molecule has 1 saturated heterocycles. The van der Waals surface area contributed by atoms with E-state index >= 15 is 0 Å². The summed E-state index contributed by atoms with van der Waals surface area (Å²) in [5, 5.41) is 12.7. The van der Waals surface area contributed by atoms with Crippen molar-refractivity contribution < 1.29 is 14.6 Å². The monoisotopic (exact) mass is 249 g/mol. The number of piperidine rings is 1. The zero-order chi connectivity index (χ0) is 13.0. The van der Waals surface area contributed by atoms with E-state index in [1.54, 1.807) is 7.11 Å². The minimum Gasteiger partial charge on any atom is -0.497 e. The van der Waals surface area contributed by atoms with Gasteiger partial charge in [-0.25, -0.2) is 0 Å². The molecular formula is C14H19NO3. The molecule has 0 aromatic heterocycles. The minimum absolute atomic E-state index is 0.591. The molecule has 4 heteroatoms. The van der Waals surface area contributed by atoms with Crippen molar-refractivity contribution in [2.24, 2.45) is 5.41 Å². The number of aliphatic carboxylic acids is 1. The zero-order valence-corrected chi connectivity index (χ0v) is 10.6. The molecule has 2 N–H and O–H groups in total. The van der Waals surface area contributed by atoms with Crippen LogP contribution < -0.4 is 10.1 Å². The lowest BCUT2D eigenvalue weighted by Crippen LogP contribution is -2.43. The van der Waals surface area contributed by atoms with Crippen LogP contribution in [0.5, 0.6) is 5.75 Å². The Balaban J connectivity index is 2.15. The highest BCUT2D eigenvalue weighted by Crippen LogP contribution is 2.33. The van der Waals surface area contributed by atoms with Gasteiger partial charge in [0.2, 0.25) is 0 Å². The molecule has 1 aromatic carbocycles. The number of methoxy groups -OCH3 is 1. The standard InChI is InChI=1S/C14H19NO3/c1-18-12-4-2-11(3-5-12)10-14(13(16)17)6-8-15-9-7-14/h2-5,15H,6-10H2,1H3,(H,16,17). The second-order valence-corrected chi connectivity index (χ2v) is 4.86. The third kappa shape index (κ3) is 2.64. The van der Waals surface area contributed by atoms with Gasteiger partial charge in [0.15, 0.2) is 0 Å². The molecule has 1 aliphatic heterocycles. The van der Waals surface area contributed by atoms with Crippen molar-refractivity contribution in [2.45, 2.75) is 19.3 Å². The fourth-order valence-corrected chi connectivity index (χ4v) is 2.51. The summed E-state index contributed by atoms with van der Waals surface area (Å²) >= 11 is 0. The van der Waals surface area contributed by atoms with E-state index in [9.17, 15) is 9.90 Å². The van der Waals surface area contributed by atoms with Gasteiger partial charge >= 0.3 is 5.97 Å². The fourth-order valence-electron chi connectivity index (χ4n) is 2.51. The number of carboxylic acids is 1. The lowest BCUT2D eigenvalue weighted by Gasteiger charge is -2.33. The van der Waals surface area contributed by atoms with E-state index in [0.717, 1.165) is 24.4 Å². The number of rotatable bonds is 4. The van der Waals surface area contributed by atoms with Crippen LogP contribution in [0, 0.1) is 5.41 Å². The predicted octanol–water partition coefficient (Wildman–Crippen LogP) is 1.69. The Kier molecular flexibility index (Phi) is 3.87. The van der Waals surface area contributed by atoms with Gasteiger partial charge in [-0.2, -0.15) is 0 Å². The number of benzene rings is 1. The molecule has 1 heterocycles. The van der Waals surface area contributed by atoms with Crippen molar-refractivity contribution in [1.82, 2.24) is 5.32 Å². The van der Waals surface area contributed by atoms with Gasteiger partial charge in [0, 0.05) is 0 Å². The van der Waals surface area contributed by atoms with Crippen LogP contribution in [0.25, 0.3) is 0 Å². The Labute approximate surface area is 107 Å². The number of nitrogens with one attached hydrogen (secondary N) is 1. The van der Waals surface area contributed by atoms with Crippen LogP contribution in [0.15, 0.2) is 24.3 Å². The topological polar surface area (TPSA) is 58.6 Å². The van der Waals surface area contributed by atoms with E-state index in [0.29, 0.717) is 19.3 Å². The Morgan fingerprint density at radius 3 is 2.44 bits per heavy atom. The molecule has 0 atom stereocenters. The molecule has 1 aliphatic rings. The van der Waals surface area contributed by atoms with E-state index in [4.69, 9.17) is 4.74 Å². The van der Waals surface area contributed by atoms with Gasteiger partial charge in [0.05, 0.1) is 12.5 Å². The van der Waals surface area contributed by atoms with Gasteiger partial charge in [0.1, 0.15) is 5.75 Å². The zero-order valence-electron chi connectivity index (χ0n) is 10.6. The summed E-state index contributed by atoms with van der Waals surface area (Å²) in [4.78, 5) is 11.6. The first-order valence-corrected chi connectivity index (χ1v) is 6.23. The van der Waals surface area contributed by atoms with E-state index < -0.39 is 11.4 Å². The molecule has 0 spiro atoms. The Morgan fingerprint density at radius 2 is 1.94 bits per heavy atom. The molecule has 4 nitrogen and oxygen atoms in total. The summed E-state index contributed by atoms with van der Waals surface area (Å²) in [5.41, 5.74) is 0.444. The van der Waals surface area contributed by atoms with Crippen LogP contribution in [0.2, 0.25) is 0 Å². The van der Waals surface area contributed by atoms with Crippen LogP contribution >= 0.6 is 0 Å². The predicted molar refractivity (Wildman–Crippen MR) is 68.9 cm³/mol. The highest BCUT2D eigenvalue weighted by molar-refractivity contribution is 5.75. The quantitative estimate of drug-likeness (QED) is 0.852. The normalized spacial score (nSPS) is 18.3. The summed E-state index contributed by atoms with van der Waals surface area (Å²) in [6, 6.07) is 7.66. The third-order valence-electron chi connectivity index (χ3n) is 3.72. The SMILES string of the molecule is COc1ccc(CC2(C(=O)O)CCNCC2)cc1. The van der Waals surface area contributed by atoms with Crippen LogP contribution in [-0.4, -0.2) is 31.3 Å². The molecule has 1 fully saturated rings. The van der Waals surface area contributed by atoms with Crippen molar-refractivity contribution >= 4 is 5.97 Å². The lowest BCUT2D eigenvalue weighted by atomic mass is 9.74. The molecule has 1 aromatic rings. The second kappa shape index (κ2) is 5.40. The summed E-state index contributed by atoms with van der Waals surface area (Å²) in [6.45, 7) is 1.56. The number of hydrogen-bond acceptors (Lipinski definition) is 3. The Hall–Kier alpha value is -1.55. The average molecular weight is 249 g/mol. The van der Waals surface area contributed by atoms with Crippen molar-refractivity contribution in [2.75, 3.05) is 20.2 Å². The molecule has 0 radical (unpaired) electrons. The van der Waals surface area contributed by atoms with Crippen molar-refractivity contribution in [1.29, 1.82) is 0 Å². The van der Waals surface area contributed by atoms with E-state index in [2.05, 4.69) is 5.32 Å². The number of carboxylic acid groups (broad SMARTS) is 1. The molecule has 98 valence electrons. The van der Waals surface area contributed by atoms with E-state index in [1.807, 2.05) is 24.3 Å². The first kappa shape index (κ1) is 12.9. The summed E-state index contributed by atoms with van der Waals surface area (Å²) in [5.74, 6) is 0.119. The molecule has 18 heavy (non-hydrogen) atoms. The number of carbonyl (C=O) groups is 1. The Bertz CT molecular complexity index is 408. The fraction of sp³-hybridized carbons (Fsp3) is 0.500. The van der Waals surface area contributed by atoms with Gasteiger partial charge in [-0.15, -0.1) is 0 Å².